The summed E-state index contributed by atoms with van der Waals surface area (Å²) in [6, 6.07) is 9.65. The molecular weight excluding hydrogens is 367 g/mol. The number of ether oxygens (including phenoxy) is 1. The van der Waals surface area contributed by atoms with Crippen molar-refractivity contribution in [1.82, 2.24) is 0 Å². The molecule has 0 unspecified atom stereocenters. The van der Waals surface area contributed by atoms with Gasteiger partial charge in [0.05, 0.1) is 10.7 Å². The summed E-state index contributed by atoms with van der Waals surface area (Å²) in [5, 5.41) is 22.1. The van der Waals surface area contributed by atoms with Crippen molar-refractivity contribution in [2.75, 3.05) is 5.32 Å². The minimum absolute atomic E-state index is 0.0115. The van der Waals surface area contributed by atoms with E-state index in [0.29, 0.717) is 16.5 Å². The van der Waals surface area contributed by atoms with Crippen LogP contribution in [-0.2, 0) is 0 Å². The van der Waals surface area contributed by atoms with E-state index < -0.39 is 7.12 Å². The van der Waals surface area contributed by atoms with Crippen molar-refractivity contribution in [3.8, 4) is 5.75 Å². The summed E-state index contributed by atoms with van der Waals surface area (Å²) in [5.41, 5.74) is 0.329. The van der Waals surface area contributed by atoms with Gasteiger partial charge in [0.25, 0.3) is 5.17 Å². The number of anilines is 1. The Hall–Kier alpha value is -1.02. The van der Waals surface area contributed by atoms with Gasteiger partial charge < -0.3 is 20.1 Å². The fourth-order valence-corrected chi connectivity index (χ4v) is 2.59. The molecule has 4 nitrogen and oxygen atoms in total. The van der Waals surface area contributed by atoms with E-state index >= 15 is 0 Å². The normalized spacial score (nSPS) is 10.2. The smallest absolute Gasteiger partial charge is 0.432 e. The predicted molar refractivity (Wildman–Crippen MR) is 94.6 cm³/mol. The summed E-state index contributed by atoms with van der Waals surface area (Å²) in [5.74, 6) is 0.495. The van der Waals surface area contributed by atoms with Crippen LogP contribution in [0, 0.1) is 0 Å². The highest BCUT2D eigenvalue weighted by Crippen LogP contribution is 2.24. The van der Waals surface area contributed by atoms with Crippen LogP contribution in [0.4, 0.5) is 5.69 Å². The van der Waals surface area contributed by atoms with Crippen molar-refractivity contribution in [3.63, 3.8) is 0 Å². The number of rotatable bonds is 3. The van der Waals surface area contributed by atoms with Gasteiger partial charge in [-0.2, -0.15) is 0 Å². The lowest BCUT2D eigenvalue weighted by Crippen LogP contribution is -2.32. The molecule has 0 spiro atoms. The van der Waals surface area contributed by atoms with Gasteiger partial charge >= 0.3 is 7.12 Å². The van der Waals surface area contributed by atoms with Gasteiger partial charge in [0.15, 0.2) is 0 Å². The zero-order chi connectivity index (χ0) is 16.3. The van der Waals surface area contributed by atoms with Crippen LogP contribution in [0.1, 0.15) is 0 Å². The number of halogens is 3. The van der Waals surface area contributed by atoms with Crippen molar-refractivity contribution in [2.45, 2.75) is 0 Å². The third kappa shape index (κ3) is 4.26. The van der Waals surface area contributed by atoms with E-state index in [4.69, 9.17) is 51.8 Å². The lowest BCUT2D eigenvalue weighted by Gasteiger charge is -2.14. The van der Waals surface area contributed by atoms with Crippen LogP contribution in [0.5, 0.6) is 5.75 Å². The molecule has 2 aromatic rings. The lowest BCUT2D eigenvalue weighted by molar-refractivity contribution is 0.426. The average Bonchev–Trinajstić information content (AvgIpc) is 2.44. The summed E-state index contributed by atoms with van der Waals surface area (Å²) >= 11 is 22.8. The van der Waals surface area contributed by atoms with Gasteiger partial charge in [-0.25, -0.2) is 0 Å². The van der Waals surface area contributed by atoms with Gasteiger partial charge in [0, 0.05) is 15.5 Å². The highest BCUT2D eigenvalue weighted by Gasteiger charge is 2.22. The maximum Gasteiger partial charge on any atom is 0.491 e. The quantitative estimate of drug-likeness (QED) is 0.568. The summed E-state index contributed by atoms with van der Waals surface area (Å²) < 4.78 is 5.40. The monoisotopic (exact) mass is 375 g/mol. The lowest BCUT2D eigenvalue weighted by atomic mass is 9.80. The predicted octanol–water partition coefficient (Wildman–Crippen LogP) is 3.10. The average molecular weight is 376 g/mol. The summed E-state index contributed by atoms with van der Waals surface area (Å²) in [6.45, 7) is 0. The van der Waals surface area contributed by atoms with E-state index in [2.05, 4.69) is 5.32 Å². The number of benzene rings is 2. The molecular formula is C13H9BCl3NO3S. The second kappa shape index (κ2) is 7.50. The van der Waals surface area contributed by atoms with Crippen molar-refractivity contribution in [1.29, 1.82) is 0 Å². The largest absolute Gasteiger partial charge is 0.491 e. The molecule has 2 rings (SSSR count). The zero-order valence-electron chi connectivity index (χ0n) is 10.9. The Balaban J connectivity index is 2.15. The molecule has 22 heavy (non-hydrogen) atoms. The molecule has 9 heteroatoms. The molecule has 114 valence electrons. The fraction of sp³-hybridized carbons (Fsp3) is 0. The SMILES string of the molecule is OB(O)c1c(Cl)ccc(NC(=S)Oc2ccc(Cl)cc2)c1Cl. The number of thiocarbonyl (C=S) groups is 1. The van der Waals surface area contributed by atoms with Crippen LogP contribution in [0.15, 0.2) is 36.4 Å². The Bertz CT molecular complexity index is 698. The molecule has 0 aliphatic carbocycles. The third-order valence-electron chi connectivity index (χ3n) is 2.65. The molecule has 0 aromatic heterocycles. The maximum absolute atomic E-state index is 9.29. The van der Waals surface area contributed by atoms with E-state index in [9.17, 15) is 10.0 Å². The first-order valence-corrected chi connectivity index (χ1v) is 7.51. The topological polar surface area (TPSA) is 61.7 Å². The molecule has 2 aromatic carbocycles. The minimum atomic E-state index is -1.80. The third-order valence-corrected chi connectivity index (χ3v) is 3.82. The molecule has 0 amide bonds. The number of nitrogens with one attached hydrogen (secondary N) is 1. The number of hydrogen-bond donors (Lipinski definition) is 3. The van der Waals surface area contributed by atoms with Gasteiger partial charge in [0.2, 0.25) is 0 Å². The van der Waals surface area contributed by atoms with Gasteiger partial charge in [-0.05, 0) is 48.6 Å². The van der Waals surface area contributed by atoms with E-state index in [1.165, 1.54) is 6.07 Å². The Kier molecular flexibility index (Phi) is 5.91. The van der Waals surface area contributed by atoms with Crippen molar-refractivity contribution in [3.05, 3.63) is 51.5 Å². The Morgan fingerprint density at radius 2 is 1.68 bits per heavy atom. The van der Waals surface area contributed by atoms with E-state index in [1.807, 2.05) is 0 Å². The van der Waals surface area contributed by atoms with Gasteiger partial charge in [-0.15, -0.1) is 0 Å². The fourth-order valence-electron chi connectivity index (χ4n) is 1.65. The van der Waals surface area contributed by atoms with Crippen LogP contribution < -0.4 is 15.5 Å². The molecule has 0 bridgehead atoms. The van der Waals surface area contributed by atoms with Crippen LogP contribution in [-0.4, -0.2) is 22.3 Å². The Labute approximate surface area is 147 Å². The van der Waals surface area contributed by atoms with Gasteiger partial charge in [-0.1, -0.05) is 34.8 Å². The van der Waals surface area contributed by atoms with Crippen LogP contribution in [0.2, 0.25) is 15.1 Å². The highest BCUT2D eigenvalue weighted by molar-refractivity contribution is 7.80. The van der Waals surface area contributed by atoms with E-state index in [-0.39, 0.29) is 20.7 Å². The summed E-state index contributed by atoms with van der Waals surface area (Å²) in [4.78, 5) is 0. The van der Waals surface area contributed by atoms with Crippen LogP contribution in [0.3, 0.4) is 0 Å². The van der Waals surface area contributed by atoms with E-state index in [1.54, 1.807) is 30.3 Å². The van der Waals surface area contributed by atoms with Gasteiger partial charge in [0.1, 0.15) is 5.75 Å². The Morgan fingerprint density at radius 3 is 2.27 bits per heavy atom. The van der Waals surface area contributed by atoms with Gasteiger partial charge in [-0.3, -0.25) is 0 Å². The van der Waals surface area contributed by atoms with Crippen LogP contribution >= 0.6 is 47.0 Å². The molecule has 3 N–H and O–H groups in total. The van der Waals surface area contributed by atoms with E-state index in [0.717, 1.165) is 0 Å². The first-order valence-electron chi connectivity index (χ1n) is 5.97. The summed E-state index contributed by atoms with van der Waals surface area (Å²) in [7, 11) is -1.80. The standard InChI is InChI=1S/C13H9BCl3NO3S/c15-7-1-3-8(4-2-7)21-13(22)18-10-6-5-9(16)11(12(10)17)14(19)20/h1-6,19-20H,(H,18,22). The second-order valence-electron chi connectivity index (χ2n) is 4.16. The number of hydrogen-bond acceptors (Lipinski definition) is 4. The molecule has 0 fully saturated rings. The van der Waals surface area contributed by atoms with Crippen molar-refractivity contribution >= 4 is 70.5 Å². The molecule has 0 heterocycles. The highest BCUT2D eigenvalue weighted by atomic mass is 35.5. The zero-order valence-corrected chi connectivity index (χ0v) is 14.0. The second-order valence-corrected chi connectivity index (χ2v) is 5.76. The minimum Gasteiger partial charge on any atom is -0.432 e. The molecule has 0 atom stereocenters. The van der Waals surface area contributed by atoms with Crippen LogP contribution in [0.25, 0.3) is 0 Å². The molecule has 0 saturated heterocycles. The first kappa shape index (κ1) is 17.3. The van der Waals surface area contributed by atoms with Crippen molar-refractivity contribution < 1.29 is 14.8 Å². The first-order chi connectivity index (χ1) is 10.4. The molecule has 0 aliphatic rings. The molecule has 0 aliphatic heterocycles. The molecule has 0 saturated carbocycles. The molecule has 0 radical (unpaired) electrons. The maximum atomic E-state index is 9.29. The summed E-state index contributed by atoms with van der Waals surface area (Å²) in [6.07, 6.45) is 0. The van der Waals surface area contributed by atoms with Crippen molar-refractivity contribution in [2.24, 2.45) is 0 Å². The Morgan fingerprint density at radius 1 is 1.05 bits per heavy atom.